The number of hydrogen-bond donors (Lipinski definition) is 0. The predicted octanol–water partition coefficient (Wildman–Crippen LogP) is 4.13. The maximum Gasteiger partial charge on any atom is 0.131 e. The zero-order valence-electron chi connectivity index (χ0n) is 13.0. The molecule has 1 aromatic heterocycles. The van der Waals surface area contributed by atoms with Crippen LogP contribution < -0.4 is 0 Å². The number of aryl methyl sites for hydroxylation is 1. The van der Waals surface area contributed by atoms with Crippen LogP contribution in [0.25, 0.3) is 0 Å². The summed E-state index contributed by atoms with van der Waals surface area (Å²) in [5.74, 6) is 2.61. The van der Waals surface area contributed by atoms with Crippen molar-refractivity contribution in [3.8, 4) is 0 Å². The fourth-order valence-corrected chi connectivity index (χ4v) is 3.24. The molecular weight excluding hydrogens is 248 g/mol. The van der Waals surface area contributed by atoms with Crippen molar-refractivity contribution in [1.29, 1.82) is 0 Å². The van der Waals surface area contributed by atoms with E-state index in [0.29, 0.717) is 5.92 Å². The quantitative estimate of drug-likeness (QED) is 0.702. The maximum absolute atomic E-state index is 5.07. The van der Waals surface area contributed by atoms with E-state index in [9.17, 15) is 0 Å². The lowest BCUT2D eigenvalue weighted by Gasteiger charge is -2.27. The maximum atomic E-state index is 5.07. The molecule has 0 atom stereocenters. The SMILES string of the molecule is CCCC1CCC(c2ncc(CCCOC)cn2)CC1. The van der Waals surface area contributed by atoms with Gasteiger partial charge in [-0.2, -0.15) is 0 Å². The second-order valence-corrected chi connectivity index (χ2v) is 6.05. The lowest BCUT2D eigenvalue weighted by Crippen LogP contribution is -2.15. The van der Waals surface area contributed by atoms with Crippen molar-refractivity contribution in [3.05, 3.63) is 23.8 Å². The highest BCUT2D eigenvalue weighted by Gasteiger charge is 2.23. The van der Waals surface area contributed by atoms with E-state index in [1.54, 1.807) is 7.11 Å². The summed E-state index contributed by atoms with van der Waals surface area (Å²) >= 11 is 0. The summed E-state index contributed by atoms with van der Waals surface area (Å²) in [7, 11) is 1.74. The zero-order valence-corrected chi connectivity index (χ0v) is 13.0. The largest absolute Gasteiger partial charge is 0.385 e. The van der Waals surface area contributed by atoms with E-state index < -0.39 is 0 Å². The molecule has 0 aromatic carbocycles. The van der Waals surface area contributed by atoms with Crippen LogP contribution in [0.4, 0.5) is 0 Å². The number of hydrogen-bond acceptors (Lipinski definition) is 3. The Kier molecular flexibility index (Phi) is 6.44. The van der Waals surface area contributed by atoms with Gasteiger partial charge < -0.3 is 4.74 Å². The zero-order chi connectivity index (χ0) is 14.2. The Hall–Kier alpha value is -0.960. The Labute approximate surface area is 123 Å². The highest BCUT2D eigenvalue weighted by Crippen LogP contribution is 2.35. The van der Waals surface area contributed by atoms with Crippen molar-refractivity contribution in [1.82, 2.24) is 9.97 Å². The van der Waals surface area contributed by atoms with E-state index in [4.69, 9.17) is 4.74 Å². The van der Waals surface area contributed by atoms with Crippen LogP contribution in [0.1, 0.15) is 69.2 Å². The monoisotopic (exact) mass is 276 g/mol. The van der Waals surface area contributed by atoms with Crippen molar-refractivity contribution in [2.75, 3.05) is 13.7 Å². The Morgan fingerprint density at radius 2 is 1.85 bits per heavy atom. The number of methoxy groups -OCH3 is 1. The van der Waals surface area contributed by atoms with Crippen LogP contribution in [0.3, 0.4) is 0 Å². The number of aromatic nitrogens is 2. The summed E-state index contributed by atoms with van der Waals surface area (Å²) < 4.78 is 5.07. The lowest BCUT2D eigenvalue weighted by molar-refractivity contribution is 0.195. The molecular formula is C17H28N2O. The Morgan fingerprint density at radius 3 is 2.45 bits per heavy atom. The van der Waals surface area contributed by atoms with Gasteiger partial charge in [-0.3, -0.25) is 0 Å². The van der Waals surface area contributed by atoms with E-state index >= 15 is 0 Å². The van der Waals surface area contributed by atoms with Gasteiger partial charge in [0.2, 0.25) is 0 Å². The average molecular weight is 276 g/mol. The van der Waals surface area contributed by atoms with Gasteiger partial charge in [0, 0.05) is 32.0 Å². The lowest BCUT2D eigenvalue weighted by atomic mass is 9.80. The molecule has 0 unspecified atom stereocenters. The molecule has 0 radical (unpaired) electrons. The molecule has 0 bridgehead atoms. The number of rotatable bonds is 7. The first-order valence-corrected chi connectivity index (χ1v) is 8.13. The minimum absolute atomic E-state index is 0.594. The van der Waals surface area contributed by atoms with Gasteiger partial charge in [-0.25, -0.2) is 9.97 Å². The first-order chi connectivity index (χ1) is 9.83. The Morgan fingerprint density at radius 1 is 1.15 bits per heavy atom. The van der Waals surface area contributed by atoms with Gasteiger partial charge in [0.15, 0.2) is 0 Å². The van der Waals surface area contributed by atoms with Gasteiger partial charge in [0.1, 0.15) is 5.82 Å². The first kappa shape index (κ1) is 15.4. The highest BCUT2D eigenvalue weighted by molar-refractivity contribution is 5.08. The van der Waals surface area contributed by atoms with Crippen LogP contribution in [-0.4, -0.2) is 23.7 Å². The summed E-state index contributed by atoms with van der Waals surface area (Å²) in [5.41, 5.74) is 1.23. The molecule has 1 heterocycles. The van der Waals surface area contributed by atoms with Gasteiger partial charge in [-0.15, -0.1) is 0 Å². The van der Waals surface area contributed by atoms with Gasteiger partial charge in [0.25, 0.3) is 0 Å². The summed E-state index contributed by atoms with van der Waals surface area (Å²) in [5, 5.41) is 0. The van der Waals surface area contributed by atoms with Gasteiger partial charge in [0.05, 0.1) is 0 Å². The molecule has 1 fully saturated rings. The van der Waals surface area contributed by atoms with Crippen LogP contribution in [0, 0.1) is 5.92 Å². The molecule has 112 valence electrons. The third-order valence-electron chi connectivity index (χ3n) is 4.45. The molecule has 2 rings (SSSR count). The summed E-state index contributed by atoms with van der Waals surface area (Å²) in [6.45, 7) is 3.10. The van der Waals surface area contributed by atoms with Gasteiger partial charge in [-0.1, -0.05) is 19.8 Å². The van der Waals surface area contributed by atoms with Crippen molar-refractivity contribution in [2.24, 2.45) is 5.92 Å². The van der Waals surface area contributed by atoms with Crippen LogP contribution in [0.2, 0.25) is 0 Å². The molecule has 0 aliphatic heterocycles. The molecule has 0 amide bonds. The van der Waals surface area contributed by atoms with Gasteiger partial charge >= 0.3 is 0 Å². The van der Waals surface area contributed by atoms with E-state index in [1.165, 1.54) is 44.1 Å². The Balaban J connectivity index is 1.81. The van der Waals surface area contributed by atoms with Gasteiger partial charge in [-0.05, 0) is 50.0 Å². The van der Waals surface area contributed by atoms with E-state index in [0.717, 1.165) is 31.2 Å². The van der Waals surface area contributed by atoms with Crippen LogP contribution in [0.15, 0.2) is 12.4 Å². The van der Waals surface area contributed by atoms with Crippen LogP contribution >= 0.6 is 0 Å². The molecule has 1 aliphatic rings. The normalized spacial score (nSPS) is 22.9. The van der Waals surface area contributed by atoms with Crippen molar-refractivity contribution >= 4 is 0 Å². The van der Waals surface area contributed by atoms with E-state index in [2.05, 4.69) is 16.9 Å². The number of nitrogens with zero attached hydrogens (tertiary/aromatic N) is 2. The molecule has 0 spiro atoms. The summed E-state index contributed by atoms with van der Waals surface area (Å²) in [6.07, 6.45) is 14.1. The first-order valence-electron chi connectivity index (χ1n) is 8.13. The minimum Gasteiger partial charge on any atom is -0.385 e. The van der Waals surface area contributed by atoms with Crippen molar-refractivity contribution < 1.29 is 4.74 Å². The minimum atomic E-state index is 0.594. The van der Waals surface area contributed by atoms with Crippen molar-refractivity contribution in [3.63, 3.8) is 0 Å². The predicted molar refractivity (Wildman–Crippen MR) is 81.8 cm³/mol. The summed E-state index contributed by atoms with van der Waals surface area (Å²) in [6, 6.07) is 0. The second kappa shape index (κ2) is 8.35. The second-order valence-electron chi connectivity index (χ2n) is 6.05. The highest BCUT2D eigenvalue weighted by atomic mass is 16.5. The van der Waals surface area contributed by atoms with E-state index in [1.807, 2.05) is 12.4 Å². The van der Waals surface area contributed by atoms with Crippen LogP contribution in [-0.2, 0) is 11.2 Å². The molecule has 20 heavy (non-hydrogen) atoms. The molecule has 1 aromatic rings. The average Bonchev–Trinajstić information content (AvgIpc) is 2.49. The third-order valence-corrected chi connectivity index (χ3v) is 4.45. The number of ether oxygens (including phenoxy) is 1. The standard InChI is InChI=1S/C17H28N2O/c1-3-5-14-7-9-16(10-8-14)17-18-12-15(13-19-17)6-4-11-20-2/h12-14,16H,3-11H2,1-2H3. The van der Waals surface area contributed by atoms with E-state index in [-0.39, 0.29) is 0 Å². The van der Waals surface area contributed by atoms with Crippen LogP contribution in [0.5, 0.6) is 0 Å². The molecule has 1 aliphatic carbocycles. The summed E-state index contributed by atoms with van der Waals surface area (Å²) in [4.78, 5) is 9.20. The molecule has 0 saturated heterocycles. The van der Waals surface area contributed by atoms with Crippen molar-refractivity contribution in [2.45, 2.75) is 64.2 Å². The smallest absolute Gasteiger partial charge is 0.131 e. The molecule has 3 heteroatoms. The topological polar surface area (TPSA) is 35.0 Å². The fourth-order valence-electron chi connectivity index (χ4n) is 3.24. The molecule has 0 N–H and O–H groups in total. The molecule has 3 nitrogen and oxygen atoms in total. The Bertz CT molecular complexity index is 369. The third kappa shape index (κ3) is 4.55. The fraction of sp³-hybridized carbons (Fsp3) is 0.765. The molecule has 1 saturated carbocycles.